The molecule has 4 bridgehead atoms. The van der Waals surface area contributed by atoms with E-state index in [9.17, 15) is 4.79 Å². The van der Waals surface area contributed by atoms with Crippen molar-refractivity contribution in [1.82, 2.24) is 15.1 Å². The normalized spacial score (nSPS) is 40.1. The summed E-state index contributed by atoms with van der Waals surface area (Å²) in [4.78, 5) is 13.2. The van der Waals surface area contributed by atoms with E-state index in [-0.39, 0.29) is 5.41 Å². The molecule has 4 fully saturated rings. The molecule has 0 aliphatic heterocycles. The van der Waals surface area contributed by atoms with Crippen LogP contribution in [0.15, 0.2) is 0 Å². The summed E-state index contributed by atoms with van der Waals surface area (Å²) in [6.45, 7) is 9.57. The van der Waals surface area contributed by atoms with E-state index in [0.717, 1.165) is 36.6 Å². The zero-order valence-corrected chi connectivity index (χ0v) is 15.8. The van der Waals surface area contributed by atoms with Crippen LogP contribution >= 0.6 is 0 Å². The maximum Gasteiger partial charge on any atom is 0.226 e. The highest BCUT2D eigenvalue weighted by Gasteiger charge is 2.62. The van der Waals surface area contributed by atoms with Crippen LogP contribution in [0, 0.1) is 36.0 Å². The molecule has 1 aromatic heterocycles. The summed E-state index contributed by atoms with van der Waals surface area (Å²) in [5, 5.41) is 7.76. The Kier molecular flexibility index (Phi) is 3.27. The molecule has 4 nitrogen and oxygen atoms in total. The Hall–Kier alpha value is -1.32. The van der Waals surface area contributed by atoms with Gasteiger partial charge in [0, 0.05) is 24.8 Å². The van der Waals surface area contributed by atoms with Crippen LogP contribution in [0.25, 0.3) is 0 Å². The Morgan fingerprint density at radius 3 is 2.29 bits per heavy atom. The molecule has 0 unspecified atom stereocenters. The van der Waals surface area contributed by atoms with Crippen molar-refractivity contribution in [2.45, 2.75) is 72.8 Å². The number of hydrogen-bond donors (Lipinski definition) is 1. The Bertz CT molecular complexity index is 686. The number of carbonyl (C=O) groups is 1. The summed E-state index contributed by atoms with van der Waals surface area (Å²) >= 11 is 0. The number of aromatic nitrogens is 2. The van der Waals surface area contributed by atoms with Gasteiger partial charge in [0.2, 0.25) is 5.91 Å². The highest BCUT2D eigenvalue weighted by molar-refractivity contribution is 5.83. The van der Waals surface area contributed by atoms with E-state index in [0.29, 0.717) is 23.3 Å². The van der Waals surface area contributed by atoms with E-state index < -0.39 is 0 Å². The molecular formula is C20H31N3O. The van der Waals surface area contributed by atoms with E-state index >= 15 is 0 Å². The smallest absolute Gasteiger partial charge is 0.226 e. The fourth-order valence-electron chi connectivity index (χ4n) is 7.13. The summed E-state index contributed by atoms with van der Waals surface area (Å²) in [5.74, 6) is 1.05. The quantitative estimate of drug-likeness (QED) is 0.920. The van der Waals surface area contributed by atoms with Crippen LogP contribution in [-0.2, 0) is 18.4 Å². The van der Waals surface area contributed by atoms with Crippen LogP contribution in [0.1, 0.15) is 69.3 Å². The molecule has 4 aliphatic rings. The van der Waals surface area contributed by atoms with Crippen molar-refractivity contribution in [3.63, 3.8) is 0 Å². The predicted octanol–water partition coefficient (Wildman–Crippen LogP) is 3.65. The van der Waals surface area contributed by atoms with Crippen LogP contribution < -0.4 is 5.32 Å². The standard InChI is InChI=1S/C20H31N3O/c1-13-16(14(2)23(5)22-13)9-21-17(24)20-8-15-6-18(3,11-20)10-19(4,7-15)12-20/h15H,6-12H2,1-5H3,(H,21,24)/t15?,18-,19-,20?/m1/s1. The van der Waals surface area contributed by atoms with Gasteiger partial charge in [0.25, 0.3) is 0 Å². The van der Waals surface area contributed by atoms with Crippen LogP contribution in [0.2, 0.25) is 0 Å². The Labute approximate surface area is 145 Å². The van der Waals surface area contributed by atoms with Crippen LogP contribution in [0.5, 0.6) is 0 Å². The van der Waals surface area contributed by atoms with E-state index in [2.05, 4.69) is 31.2 Å². The van der Waals surface area contributed by atoms with Gasteiger partial charge < -0.3 is 5.32 Å². The maximum absolute atomic E-state index is 13.2. The number of aryl methyl sites for hydroxylation is 2. The van der Waals surface area contributed by atoms with Crippen molar-refractivity contribution in [2.75, 3.05) is 0 Å². The minimum atomic E-state index is -0.118. The third-order valence-corrected chi connectivity index (χ3v) is 7.19. The number of rotatable bonds is 3. The molecule has 2 atom stereocenters. The van der Waals surface area contributed by atoms with Crippen molar-refractivity contribution >= 4 is 5.91 Å². The molecule has 4 heteroatoms. The summed E-state index contributed by atoms with van der Waals surface area (Å²) in [7, 11) is 1.97. The minimum Gasteiger partial charge on any atom is -0.351 e. The molecule has 1 aromatic rings. The average molecular weight is 329 g/mol. The summed E-state index contributed by atoms with van der Waals surface area (Å²) < 4.78 is 1.91. The largest absolute Gasteiger partial charge is 0.351 e. The maximum atomic E-state index is 13.2. The Balaban J connectivity index is 1.54. The van der Waals surface area contributed by atoms with Crippen molar-refractivity contribution in [2.24, 2.45) is 29.2 Å². The lowest BCUT2D eigenvalue weighted by Crippen LogP contribution is -2.59. The van der Waals surface area contributed by atoms with Gasteiger partial charge in [-0.15, -0.1) is 0 Å². The number of amides is 1. The second-order valence-corrected chi connectivity index (χ2v) is 9.87. The lowest BCUT2D eigenvalue weighted by atomic mass is 9.40. The molecule has 1 heterocycles. The second-order valence-electron chi connectivity index (χ2n) is 9.87. The van der Waals surface area contributed by atoms with Crippen molar-refractivity contribution in [1.29, 1.82) is 0 Å². The van der Waals surface area contributed by atoms with Crippen LogP contribution in [0.3, 0.4) is 0 Å². The summed E-state index contributed by atoms with van der Waals surface area (Å²) in [5.41, 5.74) is 3.99. The summed E-state index contributed by atoms with van der Waals surface area (Å²) in [6, 6.07) is 0. The Morgan fingerprint density at radius 1 is 1.17 bits per heavy atom. The van der Waals surface area contributed by atoms with E-state index in [1.54, 1.807) is 0 Å². The zero-order chi connectivity index (χ0) is 17.3. The van der Waals surface area contributed by atoms with E-state index in [1.807, 2.05) is 18.7 Å². The second kappa shape index (κ2) is 4.86. The number of nitrogens with zero attached hydrogens (tertiary/aromatic N) is 2. The minimum absolute atomic E-state index is 0.118. The lowest BCUT2D eigenvalue weighted by Gasteiger charge is -2.64. The first-order valence-corrected chi connectivity index (χ1v) is 9.41. The first-order valence-electron chi connectivity index (χ1n) is 9.41. The average Bonchev–Trinajstić information content (AvgIpc) is 2.66. The van der Waals surface area contributed by atoms with E-state index in [4.69, 9.17) is 0 Å². The molecule has 5 rings (SSSR count). The van der Waals surface area contributed by atoms with Gasteiger partial charge in [-0.3, -0.25) is 9.48 Å². The molecule has 132 valence electrons. The van der Waals surface area contributed by atoms with Crippen molar-refractivity contribution in [3.05, 3.63) is 17.0 Å². The van der Waals surface area contributed by atoms with Crippen LogP contribution in [0.4, 0.5) is 0 Å². The van der Waals surface area contributed by atoms with Crippen molar-refractivity contribution in [3.8, 4) is 0 Å². The van der Waals surface area contributed by atoms with Gasteiger partial charge in [0.15, 0.2) is 0 Å². The number of hydrogen-bond acceptors (Lipinski definition) is 2. The van der Waals surface area contributed by atoms with Gasteiger partial charge in [-0.1, -0.05) is 13.8 Å². The molecule has 1 N–H and O–H groups in total. The first kappa shape index (κ1) is 16.2. The molecular weight excluding hydrogens is 298 g/mol. The van der Waals surface area contributed by atoms with Gasteiger partial charge in [-0.25, -0.2) is 0 Å². The fourth-order valence-corrected chi connectivity index (χ4v) is 7.13. The molecule has 4 aliphatic carbocycles. The third-order valence-electron chi connectivity index (χ3n) is 7.19. The zero-order valence-electron chi connectivity index (χ0n) is 15.8. The third kappa shape index (κ3) is 2.33. The lowest BCUT2D eigenvalue weighted by molar-refractivity contribution is -0.170. The Morgan fingerprint density at radius 2 is 1.79 bits per heavy atom. The molecule has 4 saturated carbocycles. The van der Waals surface area contributed by atoms with Crippen LogP contribution in [-0.4, -0.2) is 15.7 Å². The van der Waals surface area contributed by atoms with Gasteiger partial charge in [-0.05, 0) is 69.1 Å². The van der Waals surface area contributed by atoms with Gasteiger partial charge in [-0.2, -0.15) is 5.10 Å². The highest BCUT2D eigenvalue weighted by Crippen LogP contribution is 2.69. The number of carbonyl (C=O) groups excluding carboxylic acids is 1. The van der Waals surface area contributed by atoms with Crippen molar-refractivity contribution < 1.29 is 4.79 Å². The van der Waals surface area contributed by atoms with Gasteiger partial charge in [0.05, 0.1) is 11.1 Å². The molecule has 0 aromatic carbocycles. The monoisotopic (exact) mass is 329 g/mol. The number of nitrogens with one attached hydrogen (secondary N) is 1. The SMILES string of the molecule is Cc1nn(C)c(C)c1CNC(=O)C12CC3C[C@@](C)(C1)C[C@@](C)(C3)C2. The molecule has 1 amide bonds. The molecule has 0 saturated heterocycles. The molecule has 24 heavy (non-hydrogen) atoms. The molecule has 0 spiro atoms. The fraction of sp³-hybridized carbons (Fsp3) is 0.800. The topological polar surface area (TPSA) is 46.9 Å². The van der Waals surface area contributed by atoms with E-state index in [1.165, 1.54) is 24.8 Å². The molecule has 0 radical (unpaired) electrons. The predicted molar refractivity (Wildman–Crippen MR) is 94.4 cm³/mol. The highest BCUT2D eigenvalue weighted by atomic mass is 16.2. The van der Waals surface area contributed by atoms with Gasteiger partial charge in [0.1, 0.15) is 0 Å². The first-order chi connectivity index (χ1) is 11.1. The summed E-state index contributed by atoms with van der Waals surface area (Å²) in [6.07, 6.45) is 7.25. The van der Waals surface area contributed by atoms with Gasteiger partial charge >= 0.3 is 0 Å².